The minimum absolute atomic E-state index is 0.107. The van der Waals surface area contributed by atoms with E-state index in [4.69, 9.17) is 5.73 Å². The molecule has 0 saturated carbocycles. The third-order valence-electron chi connectivity index (χ3n) is 3.13. The lowest BCUT2D eigenvalue weighted by Gasteiger charge is -2.37. The van der Waals surface area contributed by atoms with Crippen LogP contribution in [-0.4, -0.2) is 29.8 Å². The molecule has 0 unspecified atom stereocenters. The van der Waals surface area contributed by atoms with Gasteiger partial charge >= 0.3 is 0 Å². The van der Waals surface area contributed by atoms with E-state index in [9.17, 15) is 9.59 Å². The second-order valence-corrected chi connectivity index (χ2v) is 4.56. The summed E-state index contributed by atoms with van der Waals surface area (Å²) in [5.74, 6) is -0.218. The van der Waals surface area contributed by atoms with E-state index in [-0.39, 0.29) is 17.7 Å². The lowest BCUT2D eigenvalue weighted by Crippen LogP contribution is -2.54. The van der Waals surface area contributed by atoms with Gasteiger partial charge in [-0.2, -0.15) is 0 Å². The molecule has 0 aromatic heterocycles. The molecule has 0 bridgehead atoms. The summed E-state index contributed by atoms with van der Waals surface area (Å²) in [6.07, 6.45) is 6.41. The highest BCUT2D eigenvalue weighted by atomic mass is 16.2. The molecule has 2 N–H and O–H groups in total. The van der Waals surface area contributed by atoms with Crippen molar-refractivity contribution in [3.05, 3.63) is 0 Å². The van der Waals surface area contributed by atoms with Crippen molar-refractivity contribution in [2.45, 2.75) is 45.4 Å². The molecule has 1 heterocycles. The summed E-state index contributed by atoms with van der Waals surface area (Å²) >= 11 is 0. The SMILES string of the molecule is CCCCCCCC(=O)N1CC(C(N)=O)C1. The van der Waals surface area contributed by atoms with Gasteiger partial charge in [0.1, 0.15) is 0 Å². The fourth-order valence-electron chi connectivity index (χ4n) is 1.90. The van der Waals surface area contributed by atoms with E-state index in [1.54, 1.807) is 4.90 Å². The van der Waals surface area contributed by atoms with Crippen molar-refractivity contribution in [1.29, 1.82) is 0 Å². The predicted octanol–water partition coefficient (Wildman–Crippen LogP) is 1.29. The Labute approximate surface area is 97.2 Å². The van der Waals surface area contributed by atoms with Crippen LogP contribution in [0.2, 0.25) is 0 Å². The van der Waals surface area contributed by atoms with Gasteiger partial charge in [-0.05, 0) is 6.42 Å². The molecule has 4 heteroatoms. The molecule has 0 atom stereocenters. The maximum atomic E-state index is 11.6. The number of amides is 2. The van der Waals surface area contributed by atoms with E-state index in [1.165, 1.54) is 19.3 Å². The number of nitrogens with zero attached hydrogens (tertiary/aromatic N) is 1. The molecule has 1 fully saturated rings. The standard InChI is InChI=1S/C12H22N2O2/c1-2-3-4-5-6-7-11(15)14-8-10(9-14)12(13)16/h10H,2-9H2,1H3,(H2,13,16). The summed E-state index contributed by atoms with van der Waals surface area (Å²) in [7, 11) is 0. The second-order valence-electron chi connectivity index (χ2n) is 4.56. The van der Waals surface area contributed by atoms with Gasteiger partial charge in [-0.25, -0.2) is 0 Å². The summed E-state index contributed by atoms with van der Waals surface area (Å²) < 4.78 is 0. The normalized spacial score (nSPS) is 15.9. The smallest absolute Gasteiger partial charge is 0.224 e. The minimum atomic E-state index is -0.285. The summed E-state index contributed by atoms with van der Waals surface area (Å²) in [5, 5.41) is 0. The third-order valence-corrected chi connectivity index (χ3v) is 3.13. The quantitative estimate of drug-likeness (QED) is 0.665. The first-order valence-corrected chi connectivity index (χ1v) is 6.22. The van der Waals surface area contributed by atoms with E-state index in [2.05, 4.69) is 6.92 Å². The van der Waals surface area contributed by atoms with Crippen molar-refractivity contribution < 1.29 is 9.59 Å². The van der Waals surface area contributed by atoms with Crippen LogP contribution in [0, 0.1) is 5.92 Å². The van der Waals surface area contributed by atoms with Crippen LogP contribution in [0.25, 0.3) is 0 Å². The number of rotatable bonds is 7. The van der Waals surface area contributed by atoms with E-state index >= 15 is 0 Å². The van der Waals surface area contributed by atoms with E-state index < -0.39 is 0 Å². The molecule has 1 aliphatic heterocycles. The van der Waals surface area contributed by atoms with Gasteiger partial charge in [0.2, 0.25) is 11.8 Å². The zero-order valence-corrected chi connectivity index (χ0v) is 10.1. The Morgan fingerprint density at radius 2 is 1.81 bits per heavy atom. The number of primary amides is 1. The van der Waals surface area contributed by atoms with Crippen LogP contribution in [0.4, 0.5) is 0 Å². The molecule has 4 nitrogen and oxygen atoms in total. The maximum Gasteiger partial charge on any atom is 0.224 e. The molecule has 1 aliphatic rings. The van der Waals surface area contributed by atoms with Crippen LogP contribution in [0.5, 0.6) is 0 Å². The van der Waals surface area contributed by atoms with Gasteiger partial charge in [0.05, 0.1) is 5.92 Å². The average molecular weight is 226 g/mol. The highest BCUT2D eigenvalue weighted by Crippen LogP contribution is 2.17. The van der Waals surface area contributed by atoms with Crippen LogP contribution in [0.3, 0.4) is 0 Å². The highest BCUT2D eigenvalue weighted by molar-refractivity contribution is 5.83. The minimum Gasteiger partial charge on any atom is -0.369 e. The first-order chi connectivity index (χ1) is 7.65. The molecule has 16 heavy (non-hydrogen) atoms. The molecule has 1 saturated heterocycles. The predicted molar refractivity (Wildman–Crippen MR) is 62.6 cm³/mol. The van der Waals surface area contributed by atoms with Crippen molar-refractivity contribution in [1.82, 2.24) is 4.90 Å². The largest absolute Gasteiger partial charge is 0.369 e. The molecule has 1 rings (SSSR count). The van der Waals surface area contributed by atoms with Crippen LogP contribution in [-0.2, 0) is 9.59 Å². The molecule has 0 aromatic carbocycles. The zero-order chi connectivity index (χ0) is 12.0. The number of unbranched alkanes of at least 4 members (excludes halogenated alkanes) is 4. The number of nitrogens with two attached hydrogens (primary N) is 1. The van der Waals surface area contributed by atoms with Crippen molar-refractivity contribution in [2.75, 3.05) is 13.1 Å². The van der Waals surface area contributed by atoms with E-state index in [1.807, 2.05) is 0 Å². The molecular formula is C12H22N2O2. The molecule has 0 spiro atoms. The van der Waals surface area contributed by atoms with Crippen molar-refractivity contribution >= 4 is 11.8 Å². The molecular weight excluding hydrogens is 204 g/mol. The number of carbonyl (C=O) groups excluding carboxylic acids is 2. The topological polar surface area (TPSA) is 63.4 Å². The Morgan fingerprint density at radius 3 is 2.38 bits per heavy atom. The highest BCUT2D eigenvalue weighted by Gasteiger charge is 2.33. The Hall–Kier alpha value is -1.06. The number of hydrogen-bond acceptors (Lipinski definition) is 2. The molecule has 0 aliphatic carbocycles. The summed E-state index contributed by atoms with van der Waals surface area (Å²) in [6.45, 7) is 3.24. The Morgan fingerprint density at radius 1 is 1.19 bits per heavy atom. The molecule has 2 amide bonds. The summed E-state index contributed by atoms with van der Waals surface area (Å²) in [4.78, 5) is 24.1. The van der Waals surface area contributed by atoms with Gasteiger partial charge < -0.3 is 10.6 Å². The van der Waals surface area contributed by atoms with Gasteiger partial charge in [-0.15, -0.1) is 0 Å². The summed E-state index contributed by atoms with van der Waals surface area (Å²) in [6, 6.07) is 0. The number of likely N-dealkylation sites (tertiary alicyclic amines) is 1. The fraction of sp³-hybridized carbons (Fsp3) is 0.833. The van der Waals surface area contributed by atoms with Gasteiger partial charge in [0.25, 0.3) is 0 Å². The molecule has 0 radical (unpaired) electrons. The summed E-state index contributed by atoms with van der Waals surface area (Å²) in [5.41, 5.74) is 5.14. The molecule has 92 valence electrons. The second kappa shape index (κ2) is 6.51. The van der Waals surface area contributed by atoms with Gasteiger partial charge in [-0.1, -0.05) is 32.6 Å². The number of hydrogen-bond donors (Lipinski definition) is 1. The lowest BCUT2D eigenvalue weighted by atomic mass is 9.98. The third kappa shape index (κ3) is 3.83. The van der Waals surface area contributed by atoms with Crippen LogP contribution in [0.1, 0.15) is 45.4 Å². The van der Waals surface area contributed by atoms with Crippen LogP contribution >= 0.6 is 0 Å². The first kappa shape index (κ1) is 13.0. The van der Waals surface area contributed by atoms with E-state index in [0.29, 0.717) is 19.5 Å². The lowest BCUT2D eigenvalue weighted by molar-refractivity contribution is -0.141. The number of carbonyl (C=O) groups is 2. The maximum absolute atomic E-state index is 11.6. The van der Waals surface area contributed by atoms with Crippen LogP contribution < -0.4 is 5.73 Å². The first-order valence-electron chi connectivity index (χ1n) is 6.22. The van der Waals surface area contributed by atoms with Gasteiger partial charge in [-0.3, -0.25) is 9.59 Å². The van der Waals surface area contributed by atoms with Gasteiger partial charge in [0, 0.05) is 19.5 Å². The Bertz CT molecular complexity index is 247. The van der Waals surface area contributed by atoms with Crippen molar-refractivity contribution in [3.63, 3.8) is 0 Å². The Balaban J connectivity index is 2.02. The fourth-order valence-corrected chi connectivity index (χ4v) is 1.90. The monoisotopic (exact) mass is 226 g/mol. The average Bonchev–Trinajstić information content (AvgIpc) is 2.14. The molecule has 0 aromatic rings. The van der Waals surface area contributed by atoms with Crippen molar-refractivity contribution in [3.8, 4) is 0 Å². The van der Waals surface area contributed by atoms with Crippen molar-refractivity contribution in [2.24, 2.45) is 11.7 Å². The Kier molecular flexibility index (Phi) is 5.29. The zero-order valence-electron chi connectivity index (χ0n) is 10.1. The van der Waals surface area contributed by atoms with Gasteiger partial charge in [0.15, 0.2) is 0 Å². The van der Waals surface area contributed by atoms with Crippen LogP contribution in [0.15, 0.2) is 0 Å². The van der Waals surface area contributed by atoms with E-state index in [0.717, 1.165) is 12.8 Å².